The van der Waals surface area contributed by atoms with Crippen LogP contribution in [0.5, 0.6) is 0 Å². The van der Waals surface area contributed by atoms with E-state index in [2.05, 4.69) is 17.6 Å². The smallest absolute Gasteiger partial charge is 0.234 e. The van der Waals surface area contributed by atoms with Crippen molar-refractivity contribution in [1.82, 2.24) is 10.6 Å². The predicted molar refractivity (Wildman–Crippen MR) is 80.6 cm³/mol. The average Bonchev–Trinajstić information content (AvgIpc) is 2.75. The summed E-state index contributed by atoms with van der Waals surface area (Å²) in [6, 6.07) is 0.764. The van der Waals surface area contributed by atoms with Gasteiger partial charge in [0.15, 0.2) is 0 Å². The van der Waals surface area contributed by atoms with Gasteiger partial charge in [0.1, 0.15) is 0 Å². The molecule has 1 aliphatic heterocycles. The molecule has 4 nitrogen and oxygen atoms in total. The highest BCUT2D eigenvalue weighted by Gasteiger charge is 2.20. The molecule has 1 aliphatic carbocycles. The SMILES string of the molecule is C[C@H](NCC(=O)NC1CCOCC1)C1CCCCCC1. The number of hydrogen-bond donors (Lipinski definition) is 2. The minimum absolute atomic E-state index is 0.136. The van der Waals surface area contributed by atoms with Crippen molar-refractivity contribution in [3.8, 4) is 0 Å². The van der Waals surface area contributed by atoms with Crippen LogP contribution >= 0.6 is 0 Å². The first kappa shape index (κ1) is 15.8. The molecule has 0 spiro atoms. The lowest BCUT2D eigenvalue weighted by Gasteiger charge is -2.25. The second-order valence-electron chi connectivity index (χ2n) is 6.38. The largest absolute Gasteiger partial charge is 0.381 e. The predicted octanol–water partition coefficient (Wildman–Crippen LogP) is 2.23. The van der Waals surface area contributed by atoms with E-state index in [0.717, 1.165) is 32.0 Å². The van der Waals surface area contributed by atoms with Crippen LogP contribution in [0.25, 0.3) is 0 Å². The Bertz CT molecular complexity index is 282. The molecule has 1 saturated heterocycles. The number of carbonyl (C=O) groups excluding carboxylic acids is 1. The first-order valence-corrected chi connectivity index (χ1v) is 8.36. The Morgan fingerprint density at radius 1 is 1.10 bits per heavy atom. The summed E-state index contributed by atoms with van der Waals surface area (Å²) in [4.78, 5) is 12.0. The van der Waals surface area contributed by atoms with Crippen LogP contribution in [0.3, 0.4) is 0 Å². The third-order valence-corrected chi connectivity index (χ3v) is 4.78. The minimum Gasteiger partial charge on any atom is -0.381 e. The summed E-state index contributed by atoms with van der Waals surface area (Å²) in [7, 11) is 0. The zero-order chi connectivity index (χ0) is 14.2. The Kier molecular flexibility index (Phi) is 6.80. The molecule has 0 aromatic rings. The van der Waals surface area contributed by atoms with Crippen molar-refractivity contribution >= 4 is 5.91 Å². The second-order valence-corrected chi connectivity index (χ2v) is 6.38. The number of carbonyl (C=O) groups is 1. The normalized spacial score (nSPS) is 24.1. The summed E-state index contributed by atoms with van der Waals surface area (Å²) >= 11 is 0. The molecular weight excluding hydrogens is 252 g/mol. The van der Waals surface area contributed by atoms with Gasteiger partial charge in [0.2, 0.25) is 5.91 Å². The maximum atomic E-state index is 12.0. The Morgan fingerprint density at radius 2 is 1.75 bits per heavy atom. The van der Waals surface area contributed by atoms with Crippen molar-refractivity contribution in [3.05, 3.63) is 0 Å². The molecule has 116 valence electrons. The van der Waals surface area contributed by atoms with Gasteiger partial charge in [0, 0.05) is 25.3 Å². The van der Waals surface area contributed by atoms with E-state index in [9.17, 15) is 4.79 Å². The maximum Gasteiger partial charge on any atom is 0.234 e. The van der Waals surface area contributed by atoms with Crippen LogP contribution < -0.4 is 10.6 Å². The van der Waals surface area contributed by atoms with Crippen molar-refractivity contribution in [2.75, 3.05) is 19.8 Å². The van der Waals surface area contributed by atoms with Crippen LogP contribution in [0, 0.1) is 5.92 Å². The van der Waals surface area contributed by atoms with Crippen LogP contribution in [-0.4, -0.2) is 37.7 Å². The molecule has 0 unspecified atom stereocenters. The molecule has 0 radical (unpaired) electrons. The quantitative estimate of drug-likeness (QED) is 0.760. The zero-order valence-corrected chi connectivity index (χ0v) is 12.8. The first-order valence-electron chi connectivity index (χ1n) is 8.36. The molecule has 2 fully saturated rings. The van der Waals surface area contributed by atoms with Gasteiger partial charge in [-0.25, -0.2) is 0 Å². The summed E-state index contributed by atoms with van der Waals surface area (Å²) in [5.41, 5.74) is 0. The first-order chi connectivity index (χ1) is 9.75. The van der Waals surface area contributed by atoms with Crippen molar-refractivity contribution < 1.29 is 9.53 Å². The van der Waals surface area contributed by atoms with E-state index in [4.69, 9.17) is 4.74 Å². The molecule has 1 atom stereocenters. The van der Waals surface area contributed by atoms with Gasteiger partial charge in [-0.2, -0.15) is 0 Å². The van der Waals surface area contributed by atoms with E-state index in [1.807, 2.05) is 0 Å². The Morgan fingerprint density at radius 3 is 2.40 bits per heavy atom. The van der Waals surface area contributed by atoms with Crippen molar-refractivity contribution in [2.45, 2.75) is 70.4 Å². The van der Waals surface area contributed by atoms with Crippen molar-refractivity contribution in [1.29, 1.82) is 0 Å². The van der Waals surface area contributed by atoms with Crippen molar-refractivity contribution in [2.24, 2.45) is 5.92 Å². The molecule has 0 aromatic heterocycles. The van der Waals surface area contributed by atoms with Gasteiger partial charge in [-0.05, 0) is 38.5 Å². The highest BCUT2D eigenvalue weighted by molar-refractivity contribution is 5.78. The topological polar surface area (TPSA) is 50.4 Å². The number of nitrogens with one attached hydrogen (secondary N) is 2. The average molecular weight is 282 g/mol. The molecule has 2 aliphatic rings. The van der Waals surface area contributed by atoms with Gasteiger partial charge in [0.25, 0.3) is 0 Å². The summed E-state index contributed by atoms with van der Waals surface area (Å²) in [5.74, 6) is 0.880. The van der Waals surface area contributed by atoms with Crippen LogP contribution in [0.2, 0.25) is 0 Å². The molecule has 1 amide bonds. The van der Waals surface area contributed by atoms with Gasteiger partial charge in [-0.1, -0.05) is 25.7 Å². The highest BCUT2D eigenvalue weighted by Crippen LogP contribution is 2.25. The molecule has 1 saturated carbocycles. The van der Waals surface area contributed by atoms with Gasteiger partial charge in [0.05, 0.1) is 6.54 Å². The van der Waals surface area contributed by atoms with E-state index in [0.29, 0.717) is 18.6 Å². The second kappa shape index (κ2) is 8.63. The summed E-state index contributed by atoms with van der Waals surface area (Å²) in [5, 5.41) is 6.53. The highest BCUT2D eigenvalue weighted by atomic mass is 16.5. The number of ether oxygens (including phenoxy) is 1. The molecule has 0 aromatic carbocycles. The fourth-order valence-electron chi connectivity index (χ4n) is 3.35. The molecule has 0 bridgehead atoms. The lowest BCUT2D eigenvalue weighted by atomic mass is 9.93. The van der Waals surface area contributed by atoms with E-state index in [1.165, 1.54) is 38.5 Å². The van der Waals surface area contributed by atoms with E-state index < -0.39 is 0 Å². The van der Waals surface area contributed by atoms with Gasteiger partial charge < -0.3 is 15.4 Å². The fraction of sp³-hybridized carbons (Fsp3) is 0.938. The number of amides is 1. The lowest BCUT2D eigenvalue weighted by molar-refractivity contribution is -0.121. The standard InChI is InChI=1S/C16H30N2O2/c1-13(14-6-4-2-3-5-7-14)17-12-16(19)18-15-8-10-20-11-9-15/h13-15,17H,2-12H2,1H3,(H,18,19)/t13-/m0/s1. The van der Waals surface area contributed by atoms with Gasteiger partial charge >= 0.3 is 0 Å². The maximum absolute atomic E-state index is 12.0. The third kappa shape index (κ3) is 5.41. The minimum atomic E-state index is 0.136. The third-order valence-electron chi connectivity index (χ3n) is 4.78. The fourth-order valence-corrected chi connectivity index (χ4v) is 3.35. The van der Waals surface area contributed by atoms with Crippen molar-refractivity contribution in [3.63, 3.8) is 0 Å². The molecule has 1 heterocycles. The van der Waals surface area contributed by atoms with Crippen LogP contribution in [0.1, 0.15) is 58.3 Å². The van der Waals surface area contributed by atoms with Gasteiger partial charge in [-0.15, -0.1) is 0 Å². The summed E-state index contributed by atoms with van der Waals surface area (Å²) < 4.78 is 5.30. The number of rotatable bonds is 5. The summed E-state index contributed by atoms with van der Waals surface area (Å²) in [6.07, 6.45) is 10.00. The molecule has 4 heteroatoms. The van der Waals surface area contributed by atoms with Crippen LogP contribution in [0.15, 0.2) is 0 Å². The number of hydrogen-bond acceptors (Lipinski definition) is 3. The Labute approximate surface area is 123 Å². The van der Waals surface area contributed by atoms with Gasteiger partial charge in [-0.3, -0.25) is 4.79 Å². The summed E-state index contributed by atoms with van der Waals surface area (Å²) in [6.45, 7) is 4.24. The molecule has 2 N–H and O–H groups in total. The molecule has 20 heavy (non-hydrogen) atoms. The zero-order valence-electron chi connectivity index (χ0n) is 12.8. The lowest BCUT2D eigenvalue weighted by Crippen LogP contribution is -2.45. The Balaban J connectivity index is 1.63. The Hall–Kier alpha value is -0.610. The molecular formula is C16H30N2O2. The van der Waals surface area contributed by atoms with E-state index in [-0.39, 0.29) is 5.91 Å². The van der Waals surface area contributed by atoms with Crippen LogP contribution in [0.4, 0.5) is 0 Å². The van der Waals surface area contributed by atoms with E-state index >= 15 is 0 Å². The monoisotopic (exact) mass is 282 g/mol. The molecule has 2 rings (SSSR count). The van der Waals surface area contributed by atoms with E-state index in [1.54, 1.807) is 0 Å². The van der Waals surface area contributed by atoms with Crippen LogP contribution in [-0.2, 0) is 9.53 Å².